The van der Waals surface area contributed by atoms with Gasteiger partial charge in [-0.3, -0.25) is 0 Å². The summed E-state index contributed by atoms with van der Waals surface area (Å²) in [5.41, 5.74) is 0.707. The standard InChI is InChI=1S/C12H23NO/c1-3-11(2)9-12(6-8-14-11)5-4-7-13-10-12/h13H,3-10H2,1-2H3/t11-,12+/m0/s1. The molecule has 2 heteroatoms. The van der Waals surface area contributed by atoms with E-state index < -0.39 is 0 Å². The Morgan fingerprint density at radius 2 is 2.21 bits per heavy atom. The summed E-state index contributed by atoms with van der Waals surface area (Å²) < 4.78 is 5.91. The van der Waals surface area contributed by atoms with Crippen LogP contribution in [-0.4, -0.2) is 25.3 Å². The predicted molar refractivity (Wildman–Crippen MR) is 58.4 cm³/mol. The molecule has 0 saturated carbocycles. The first-order valence-electron chi connectivity index (χ1n) is 6.03. The zero-order valence-corrected chi connectivity index (χ0v) is 9.57. The fraction of sp³-hybridized carbons (Fsp3) is 1.00. The summed E-state index contributed by atoms with van der Waals surface area (Å²) >= 11 is 0. The molecule has 2 saturated heterocycles. The van der Waals surface area contributed by atoms with Gasteiger partial charge >= 0.3 is 0 Å². The second kappa shape index (κ2) is 3.82. The number of ether oxygens (including phenoxy) is 1. The fourth-order valence-electron chi connectivity index (χ4n) is 3.07. The van der Waals surface area contributed by atoms with Crippen molar-refractivity contribution in [1.29, 1.82) is 0 Å². The van der Waals surface area contributed by atoms with Crippen LogP contribution in [0.2, 0.25) is 0 Å². The fourth-order valence-corrected chi connectivity index (χ4v) is 3.07. The summed E-state index contributed by atoms with van der Waals surface area (Å²) in [5.74, 6) is 0. The molecule has 2 heterocycles. The Labute approximate surface area is 87.4 Å². The summed E-state index contributed by atoms with van der Waals surface area (Å²) in [6, 6.07) is 0. The number of hydrogen-bond acceptors (Lipinski definition) is 2. The lowest BCUT2D eigenvalue weighted by molar-refractivity contribution is -0.122. The van der Waals surface area contributed by atoms with Crippen molar-refractivity contribution in [2.45, 2.75) is 51.6 Å². The van der Waals surface area contributed by atoms with Gasteiger partial charge in [0.1, 0.15) is 0 Å². The van der Waals surface area contributed by atoms with Crippen molar-refractivity contribution >= 4 is 0 Å². The van der Waals surface area contributed by atoms with Gasteiger partial charge in [0.25, 0.3) is 0 Å². The lowest BCUT2D eigenvalue weighted by atomic mass is 9.68. The van der Waals surface area contributed by atoms with E-state index in [-0.39, 0.29) is 5.60 Å². The van der Waals surface area contributed by atoms with E-state index in [1.54, 1.807) is 0 Å². The monoisotopic (exact) mass is 197 g/mol. The summed E-state index contributed by atoms with van der Waals surface area (Å²) in [5, 5.41) is 3.55. The molecule has 14 heavy (non-hydrogen) atoms. The molecule has 0 amide bonds. The van der Waals surface area contributed by atoms with Crippen LogP contribution in [0.25, 0.3) is 0 Å². The summed E-state index contributed by atoms with van der Waals surface area (Å²) in [6.07, 6.45) is 6.41. The Balaban J connectivity index is 2.04. The van der Waals surface area contributed by atoms with Gasteiger partial charge in [-0.05, 0) is 51.0 Å². The van der Waals surface area contributed by atoms with E-state index in [2.05, 4.69) is 19.2 Å². The number of piperidine rings is 1. The zero-order chi connectivity index (χ0) is 10.1. The third kappa shape index (κ3) is 1.96. The van der Waals surface area contributed by atoms with Gasteiger partial charge in [0.2, 0.25) is 0 Å². The van der Waals surface area contributed by atoms with E-state index in [0.717, 1.165) is 13.0 Å². The summed E-state index contributed by atoms with van der Waals surface area (Å²) in [7, 11) is 0. The van der Waals surface area contributed by atoms with Gasteiger partial charge in [0.15, 0.2) is 0 Å². The van der Waals surface area contributed by atoms with Gasteiger partial charge in [-0.2, -0.15) is 0 Å². The van der Waals surface area contributed by atoms with Crippen LogP contribution in [0.3, 0.4) is 0 Å². The Morgan fingerprint density at radius 1 is 1.36 bits per heavy atom. The molecule has 0 aromatic heterocycles. The molecule has 1 N–H and O–H groups in total. The molecule has 2 fully saturated rings. The SMILES string of the molecule is CC[C@@]1(C)C[C@@]2(CCCNC2)CCO1. The number of hydrogen-bond donors (Lipinski definition) is 1. The smallest absolute Gasteiger partial charge is 0.0657 e. The molecule has 0 bridgehead atoms. The van der Waals surface area contributed by atoms with Crippen molar-refractivity contribution in [3.63, 3.8) is 0 Å². The molecular weight excluding hydrogens is 174 g/mol. The second-order valence-corrected chi connectivity index (χ2v) is 5.36. The van der Waals surface area contributed by atoms with E-state index in [4.69, 9.17) is 4.74 Å². The molecule has 1 spiro atoms. The Bertz CT molecular complexity index is 193. The van der Waals surface area contributed by atoms with Crippen LogP contribution in [0.4, 0.5) is 0 Å². The normalized spacial score (nSPS) is 44.1. The maximum atomic E-state index is 5.91. The van der Waals surface area contributed by atoms with E-state index in [0.29, 0.717) is 5.41 Å². The quantitative estimate of drug-likeness (QED) is 0.696. The Kier molecular flexibility index (Phi) is 2.85. The van der Waals surface area contributed by atoms with Crippen LogP contribution in [0.15, 0.2) is 0 Å². The molecule has 2 rings (SSSR count). The molecule has 2 aliphatic rings. The first-order valence-corrected chi connectivity index (χ1v) is 6.03. The van der Waals surface area contributed by atoms with Crippen molar-refractivity contribution in [2.24, 2.45) is 5.41 Å². The van der Waals surface area contributed by atoms with E-state index in [9.17, 15) is 0 Å². The van der Waals surface area contributed by atoms with E-state index in [1.807, 2.05) is 0 Å². The second-order valence-electron chi connectivity index (χ2n) is 5.36. The topological polar surface area (TPSA) is 21.3 Å². The van der Waals surface area contributed by atoms with Gasteiger partial charge in [-0.25, -0.2) is 0 Å². The molecule has 0 aliphatic carbocycles. The molecule has 2 aliphatic heterocycles. The molecule has 0 aromatic rings. The Hall–Kier alpha value is -0.0800. The van der Waals surface area contributed by atoms with Gasteiger partial charge in [-0.15, -0.1) is 0 Å². The van der Waals surface area contributed by atoms with Crippen molar-refractivity contribution in [3.8, 4) is 0 Å². The highest BCUT2D eigenvalue weighted by molar-refractivity contribution is 4.94. The first kappa shape index (κ1) is 10.4. The van der Waals surface area contributed by atoms with Gasteiger partial charge < -0.3 is 10.1 Å². The van der Waals surface area contributed by atoms with Crippen LogP contribution in [0.1, 0.15) is 46.0 Å². The Morgan fingerprint density at radius 3 is 2.86 bits per heavy atom. The molecule has 2 nitrogen and oxygen atoms in total. The predicted octanol–water partition coefficient (Wildman–Crippen LogP) is 2.34. The molecule has 2 atom stereocenters. The number of rotatable bonds is 1. The molecule has 0 radical (unpaired) electrons. The summed E-state index contributed by atoms with van der Waals surface area (Å²) in [6.45, 7) is 7.92. The van der Waals surface area contributed by atoms with Crippen molar-refractivity contribution in [1.82, 2.24) is 5.32 Å². The van der Waals surface area contributed by atoms with Gasteiger partial charge in [0.05, 0.1) is 5.60 Å². The molecule has 0 unspecified atom stereocenters. The maximum Gasteiger partial charge on any atom is 0.0657 e. The van der Waals surface area contributed by atoms with Gasteiger partial charge in [0, 0.05) is 13.2 Å². The van der Waals surface area contributed by atoms with Crippen LogP contribution in [-0.2, 0) is 4.74 Å². The van der Waals surface area contributed by atoms with Crippen LogP contribution in [0, 0.1) is 5.41 Å². The van der Waals surface area contributed by atoms with Crippen molar-refractivity contribution in [2.75, 3.05) is 19.7 Å². The average molecular weight is 197 g/mol. The molecule has 0 aromatic carbocycles. The number of nitrogens with one attached hydrogen (secondary N) is 1. The van der Waals surface area contributed by atoms with Crippen LogP contribution < -0.4 is 5.32 Å². The minimum atomic E-state index is 0.150. The highest BCUT2D eigenvalue weighted by Crippen LogP contribution is 2.44. The zero-order valence-electron chi connectivity index (χ0n) is 9.57. The third-order valence-corrected chi connectivity index (χ3v) is 4.14. The third-order valence-electron chi connectivity index (χ3n) is 4.14. The van der Waals surface area contributed by atoms with Crippen LogP contribution >= 0.6 is 0 Å². The van der Waals surface area contributed by atoms with Gasteiger partial charge in [-0.1, -0.05) is 6.92 Å². The van der Waals surface area contributed by atoms with Crippen molar-refractivity contribution < 1.29 is 4.74 Å². The van der Waals surface area contributed by atoms with E-state index in [1.165, 1.54) is 38.8 Å². The van der Waals surface area contributed by atoms with Crippen LogP contribution in [0.5, 0.6) is 0 Å². The lowest BCUT2D eigenvalue weighted by Gasteiger charge is -2.48. The van der Waals surface area contributed by atoms with Crippen molar-refractivity contribution in [3.05, 3.63) is 0 Å². The average Bonchev–Trinajstić information content (AvgIpc) is 2.19. The summed E-state index contributed by atoms with van der Waals surface area (Å²) in [4.78, 5) is 0. The first-order chi connectivity index (χ1) is 6.68. The van der Waals surface area contributed by atoms with E-state index >= 15 is 0 Å². The lowest BCUT2D eigenvalue weighted by Crippen LogP contribution is -2.50. The maximum absolute atomic E-state index is 5.91. The molecular formula is C12H23NO. The molecule has 82 valence electrons. The largest absolute Gasteiger partial charge is 0.375 e. The highest BCUT2D eigenvalue weighted by Gasteiger charge is 2.42. The minimum absolute atomic E-state index is 0.150. The highest BCUT2D eigenvalue weighted by atomic mass is 16.5. The minimum Gasteiger partial charge on any atom is -0.375 e.